The lowest BCUT2D eigenvalue weighted by Crippen LogP contribution is -2.23. The fourth-order valence-electron chi connectivity index (χ4n) is 3.61. The third kappa shape index (κ3) is 2.95. The summed E-state index contributed by atoms with van der Waals surface area (Å²) in [5.41, 5.74) is 2.29. The Morgan fingerprint density at radius 2 is 1.57 bits per heavy atom. The summed E-state index contributed by atoms with van der Waals surface area (Å²) in [6.07, 6.45) is 2.99. The largest absolute Gasteiger partial charge is 0.454 e. The van der Waals surface area contributed by atoms with Crippen molar-refractivity contribution in [3.05, 3.63) is 94.6 Å². The minimum absolute atomic E-state index is 0.179. The molecular weight excluding hydrogens is 382 g/mol. The summed E-state index contributed by atoms with van der Waals surface area (Å²) in [4.78, 5) is 38.3. The second-order valence-corrected chi connectivity index (χ2v) is 6.87. The zero-order valence-electron chi connectivity index (χ0n) is 15.7. The minimum atomic E-state index is -0.417. The molecule has 1 amide bonds. The van der Waals surface area contributed by atoms with E-state index >= 15 is 0 Å². The molecule has 6 nitrogen and oxygen atoms in total. The van der Waals surface area contributed by atoms with Gasteiger partial charge in [0.05, 0.1) is 11.3 Å². The third-order valence-corrected chi connectivity index (χ3v) is 5.03. The van der Waals surface area contributed by atoms with Crippen LogP contribution in [0.2, 0.25) is 0 Å². The molecule has 0 bridgehead atoms. The third-order valence-electron chi connectivity index (χ3n) is 5.03. The van der Waals surface area contributed by atoms with E-state index in [0.29, 0.717) is 28.3 Å². The van der Waals surface area contributed by atoms with E-state index in [1.165, 1.54) is 6.08 Å². The maximum absolute atomic E-state index is 13.0. The predicted octanol–water partition coefficient (Wildman–Crippen LogP) is 3.84. The highest BCUT2D eigenvalue weighted by atomic mass is 16.7. The van der Waals surface area contributed by atoms with Crippen molar-refractivity contribution in [3.8, 4) is 11.5 Å². The van der Waals surface area contributed by atoms with Crippen molar-refractivity contribution in [1.29, 1.82) is 0 Å². The van der Waals surface area contributed by atoms with E-state index in [9.17, 15) is 14.4 Å². The Kier molecular flexibility index (Phi) is 4.17. The van der Waals surface area contributed by atoms with Gasteiger partial charge in [-0.2, -0.15) is 0 Å². The lowest BCUT2D eigenvalue weighted by molar-refractivity contribution is -0.111. The molecule has 0 radical (unpaired) electrons. The number of fused-ring (bicyclic) bond motifs is 3. The van der Waals surface area contributed by atoms with Crippen LogP contribution in [0.3, 0.4) is 0 Å². The Morgan fingerprint density at radius 1 is 0.833 bits per heavy atom. The number of anilines is 1. The molecule has 30 heavy (non-hydrogen) atoms. The molecule has 3 aromatic rings. The van der Waals surface area contributed by atoms with Crippen molar-refractivity contribution < 1.29 is 23.9 Å². The molecule has 0 atom stereocenters. The zero-order valence-corrected chi connectivity index (χ0v) is 15.7. The summed E-state index contributed by atoms with van der Waals surface area (Å²) >= 11 is 0. The standard InChI is InChI=1S/C24H15NO5/c26-21(11-9-14-8-10-19-20(12-14)30-13-29-19)25-18-7-3-6-17-22(18)24(28)16-5-2-1-4-15(16)23(17)27/h1-12H,13H2,(H,25,26)/b11-9+. The molecule has 2 aliphatic rings. The highest BCUT2D eigenvalue weighted by Crippen LogP contribution is 2.33. The summed E-state index contributed by atoms with van der Waals surface area (Å²) in [5.74, 6) is 0.358. The number of hydrogen-bond acceptors (Lipinski definition) is 5. The first-order valence-corrected chi connectivity index (χ1v) is 9.32. The van der Waals surface area contributed by atoms with E-state index in [1.807, 2.05) is 0 Å². The number of rotatable bonds is 3. The molecule has 5 rings (SSSR count). The average molecular weight is 397 g/mol. The van der Waals surface area contributed by atoms with Crippen molar-refractivity contribution in [1.82, 2.24) is 0 Å². The van der Waals surface area contributed by atoms with Gasteiger partial charge < -0.3 is 14.8 Å². The lowest BCUT2D eigenvalue weighted by atomic mass is 9.83. The van der Waals surface area contributed by atoms with Gasteiger partial charge >= 0.3 is 0 Å². The maximum Gasteiger partial charge on any atom is 0.248 e. The van der Waals surface area contributed by atoms with E-state index in [2.05, 4.69) is 5.32 Å². The van der Waals surface area contributed by atoms with E-state index < -0.39 is 5.91 Å². The summed E-state index contributed by atoms with van der Waals surface area (Å²) in [6.45, 7) is 0.179. The lowest BCUT2D eigenvalue weighted by Gasteiger charge is -2.20. The number of carbonyl (C=O) groups excluding carboxylic acids is 3. The fourth-order valence-corrected chi connectivity index (χ4v) is 3.61. The monoisotopic (exact) mass is 397 g/mol. The van der Waals surface area contributed by atoms with Crippen LogP contribution in [0.15, 0.2) is 66.7 Å². The number of nitrogens with one attached hydrogen (secondary N) is 1. The van der Waals surface area contributed by atoms with Crippen LogP contribution < -0.4 is 14.8 Å². The van der Waals surface area contributed by atoms with E-state index in [-0.39, 0.29) is 29.5 Å². The number of carbonyl (C=O) groups is 3. The van der Waals surface area contributed by atoms with Crippen LogP contribution in [0.25, 0.3) is 6.08 Å². The molecule has 0 spiro atoms. The van der Waals surface area contributed by atoms with Crippen LogP contribution in [-0.4, -0.2) is 24.3 Å². The number of amides is 1. The summed E-state index contributed by atoms with van der Waals surface area (Å²) in [7, 11) is 0. The van der Waals surface area contributed by atoms with Crippen molar-refractivity contribution in [2.45, 2.75) is 0 Å². The SMILES string of the molecule is O=C(/C=C/c1ccc2c(c1)OCO2)Nc1cccc2c1C(=O)c1ccccc1C2=O. The molecule has 146 valence electrons. The van der Waals surface area contributed by atoms with Crippen LogP contribution in [-0.2, 0) is 4.79 Å². The van der Waals surface area contributed by atoms with Gasteiger partial charge in [-0.05, 0) is 29.8 Å². The number of ketones is 2. The molecule has 1 N–H and O–H groups in total. The van der Waals surface area contributed by atoms with Gasteiger partial charge in [0.1, 0.15) is 0 Å². The zero-order chi connectivity index (χ0) is 20.7. The Balaban J connectivity index is 1.41. The summed E-state index contributed by atoms with van der Waals surface area (Å²) in [6, 6.07) is 16.9. The highest BCUT2D eigenvalue weighted by molar-refractivity contribution is 6.30. The molecule has 1 aliphatic heterocycles. The summed E-state index contributed by atoms with van der Waals surface area (Å²) < 4.78 is 10.6. The molecule has 0 saturated heterocycles. The summed E-state index contributed by atoms with van der Waals surface area (Å²) in [5, 5.41) is 2.72. The fraction of sp³-hybridized carbons (Fsp3) is 0.0417. The van der Waals surface area contributed by atoms with E-state index in [1.54, 1.807) is 66.7 Å². The Bertz CT molecular complexity index is 1260. The van der Waals surface area contributed by atoms with Crippen LogP contribution in [0, 0.1) is 0 Å². The van der Waals surface area contributed by atoms with Crippen LogP contribution in [0.4, 0.5) is 5.69 Å². The number of hydrogen-bond donors (Lipinski definition) is 1. The first-order valence-electron chi connectivity index (χ1n) is 9.32. The second-order valence-electron chi connectivity index (χ2n) is 6.87. The molecule has 0 unspecified atom stereocenters. The quantitative estimate of drug-likeness (QED) is 0.531. The normalized spacial score (nSPS) is 13.9. The average Bonchev–Trinajstić information content (AvgIpc) is 3.24. The smallest absolute Gasteiger partial charge is 0.248 e. The van der Waals surface area contributed by atoms with Crippen LogP contribution >= 0.6 is 0 Å². The van der Waals surface area contributed by atoms with Gasteiger partial charge in [-0.25, -0.2) is 0 Å². The van der Waals surface area contributed by atoms with Crippen LogP contribution in [0.5, 0.6) is 11.5 Å². The topological polar surface area (TPSA) is 81.7 Å². The number of ether oxygens (including phenoxy) is 2. The first kappa shape index (κ1) is 17.9. The molecule has 0 fully saturated rings. The van der Waals surface area contributed by atoms with Gasteiger partial charge in [0.25, 0.3) is 0 Å². The Morgan fingerprint density at radius 3 is 2.40 bits per heavy atom. The molecule has 1 heterocycles. The number of benzene rings is 3. The van der Waals surface area contributed by atoms with Crippen LogP contribution in [0.1, 0.15) is 37.4 Å². The van der Waals surface area contributed by atoms with Gasteiger partial charge in [0, 0.05) is 22.8 Å². The first-order chi connectivity index (χ1) is 14.6. The molecule has 0 aromatic heterocycles. The molecule has 6 heteroatoms. The maximum atomic E-state index is 13.0. The van der Waals surface area contributed by atoms with Crippen molar-refractivity contribution in [2.24, 2.45) is 0 Å². The predicted molar refractivity (Wildman–Crippen MR) is 110 cm³/mol. The van der Waals surface area contributed by atoms with E-state index in [0.717, 1.165) is 5.56 Å². The molecule has 1 aliphatic carbocycles. The molecule has 3 aromatic carbocycles. The van der Waals surface area contributed by atoms with Gasteiger partial charge in [0.2, 0.25) is 12.7 Å². The second kappa shape index (κ2) is 7.00. The van der Waals surface area contributed by atoms with Gasteiger partial charge in [0.15, 0.2) is 23.1 Å². The van der Waals surface area contributed by atoms with Gasteiger partial charge in [-0.3, -0.25) is 14.4 Å². The Labute approximate surface area is 171 Å². The van der Waals surface area contributed by atoms with E-state index in [4.69, 9.17) is 9.47 Å². The minimum Gasteiger partial charge on any atom is -0.454 e. The van der Waals surface area contributed by atoms with Gasteiger partial charge in [-0.1, -0.05) is 42.5 Å². The highest BCUT2D eigenvalue weighted by Gasteiger charge is 2.31. The van der Waals surface area contributed by atoms with Crippen molar-refractivity contribution in [2.75, 3.05) is 12.1 Å². The van der Waals surface area contributed by atoms with Crippen molar-refractivity contribution >= 4 is 29.2 Å². The van der Waals surface area contributed by atoms with Gasteiger partial charge in [-0.15, -0.1) is 0 Å². The van der Waals surface area contributed by atoms with Crippen molar-refractivity contribution in [3.63, 3.8) is 0 Å². The molecule has 0 saturated carbocycles. The Hall–Kier alpha value is -4.19. The molecular formula is C24H15NO5.